The number of allylic oxidation sites excluding steroid dienone is 1. The fourth-order valence-corrected chi connectivity index (χ4v) is 2.44. The lowest BCUT2D eigenvalue weighted by Gasteiger charge is -2.00. The van der Waals surface area contributed by atoms with Crippen molar-refractivity contribution in [2.75, 3.05) is 0 Å². The van der Waals surface area contributed by atoms with Crippen molar-refractivity contribution >= 4 is 17.3 Å². The Hall–Kier alpha value is -1.16. The van der Waals surface area contributed by atoms with Crippen LogP contribution in [0.5, 0.6) is 0 Å². The number of carboxylic acid groups (broad SMARTS) is 1. The fraction of sp³-hybridized carbons (Fsp3) is 0.400. The van der Waals surface area contributed by atoms with E-state index in [1.54, 1.807) is 17.5 Å². The van der Waals surface area contributed by atoms with Gasteiger partial charge >= 0.3 is 5.97 Å². The molecular formula is C10H11NO2S. The Balaban J connectivity index is 2.17. The normalized spacial score (nSPS) is 16.3. The highest BCUT2D eigenvalue weighted by molar-refractivity contribution is 7.09. The van der Waals surface area contributed by atoms with Crippen LogP contribution in [-0.4, -0.2) is 16.1 Å². The number of hydrogen-bond donors (Lipinski definition) is 1. The van der Waals surface area contributed by atoms with Crippen molar-refractivity contribution in [2.24, 2.45) is 0 Å². The van der Waals surface area contributed by atoms with Crippen LogP contribution in [0, 0.1) is 0 Å². The summed E-state index contributed by atoms with van der Waals surface area (Å²) in [6.07, 6.45) is 5.09. The minimum Gasteiger partial charge on any atom is -0.478 e. The van der Waals surface area contributed by atoms with Gasteiger partial charge in [0.2, 0.25) is 0 Å². The molecule has 0 saturated heterocycles. The molecule has 2 rings (SSSR count). The van der Waals surface area contributed by atoms with E-state index in [1.807, 2.05) is 5.38 Å². The van der Waals surface area contributed by atoms with E-state index in [0.29, 0.717) is 5.57 Å². The molecule has 0 aromatic carbocycles. The van der Waals surface area contributed by atoms with Crippen LogP contribution in [0.3, 0.4) is 0 Å². The van der Waals surface area contributed by atoms with Gasteiger partial charge in [-0.05, 0) is 19.3 Å². The molecule has 0 bridgehead atoms. The molecule has 74 valence electrons. The van der Waals surface area contributed by atoms with Gasteiger partial charge in [0.15, 0.2) is 0 Å². The molecule has 0 aliphatic heterocycles. The molecule has 0 spiro atoms. The SMILES string of the molecule is O=C(O)C1=C(Cc2nccs2)CCC1. The number of carbonyl (C=O) groups is 1. The monoisotopic (exact) mass is 209 g/mol. The van der Waals surface area contributed by atoms with Gasteiger partial charge in [0.1, 0.15) is 0 Å². The Morgan fingerprint density at radius 1 is 1.57 bits per heavy atom. The summed E-state index contributed by atoms with van der Waals surface area (Å²) in [6.45, 7) is 0. The number of hydrogen-bond acceptors (Lipinski definition) is 3. The summed E-state index contributed by atoms with van der Waals surface area (Å²) in [5.74, 6) is -0.756. The van der Waals surface area contributed by atoms with E-state index in [4.69, 9.17) is 5.11 Å². The maximum absolute atomic E-state index is 10.9. The van der Waals surface area contributed by atoms with Crippen LogP contribution in [0.25, 0.3) is 0 Å². The molecule has 0 atom stereocenters. The first kappa shape index (κ1) is 9.40. The molecule has 3 nitrogen and oxygen atoms in total. The molecule has 1 aromatic heterocycles. The molecule has 14 heavy (non-hydrogen) atoms. The lowest BCUT2D eigenvalue weighted by atomic mass is 10.1. The first-order valence-corrected chi connectivity index (χ1v) is 5.48. The molecule has 0 unspecified atom stereocenters. The van der Waals surface area contributed by atoms with Crippen LogP contribution in [0.2, 0.25) is 0 Å². The number of aromatic nitrogens is 1. The quantitative estimate of drug-likeness (QED) is 0.830. The van der Waals surface area contributed by atoms with Crippen LogP contribution < -0.4 is 0 Å². The Bertz CT molecular complexity index is 367. The zero-order valence-electron chi connectivity index (χ0n) is 7.69. The van der Waals surface area contributed by atoms with Gasteiger partial charge in [-0.1, -0.05) is 5.57 Å². The van der Waals surface area contributed by atoms with Crippen molar-refractivity contribution in [1.82, 2.24) is 4.98 Å². The van der Waals surface area contributed by atoms with Gasteiger partial charge in [0, 0.05) is 23.6 Å². The topological polar surface area (TPSA) is 50.2 Å². The standard InChI is InChI=1S/C10H11NO2S/c12-10(13)8-3-1-2-7(8)6-9-11-4-5-14-9/h4-5H,1-3,6H2,(H,12,13). The van der Waals surface area contributed by atoms with Crippen molar-refractivity contribution in [3.05, 3.63) is 27.7 Å². The Labute approximate surface area is 86.1 Å². The van der Waals surface area contributed by atoms with Gasteiger partial charge in [-0.25, -0.2) is 9.78 Å². The zero-order valence-corrected chi connectivity index (χ0v) is 8.51. The molecule has 1 heterocycles. The van der Waals surface area contributed by atoms with Gasteiger partial charge in [-0.2, -0.15) is 0 Å². The van der Waals surface area contributed by atoms with E-state index < -0.39 is 5.97 Å². The van der Waals surface area contributed by atoms with E-state index in [1.165, 1.54) is 0 Å². The highest BCUT2D eigenvalue weighted by atomic mass is 32.1. The second kappa shape index (κ2) is 3.92. The Morgan fingerprint density at radius 2 is 2.43 bits per heavy atom. The van der Waals surface area contributed by atoms with E-state index in [0.717, 1.165) is 36.3 Å². The first-order chi connectivity index (χ1) is 6.77. The van der Waals surface area contributed by atoms with Crippen LogP contribution in [0.4, 0.5) is 0 Å². The molecule has 0 saturated carbocycles. The molecule has 0 radical (unpaired) electrons. The number of aliphatic carboxylic acids is 1. The smallest absolute Gasteiger partial charge is 0.331 e. The maximum Gasteiger partial charge on any atom is 0.331 e. The predicted molar refractivity (Wildman–Crippen MR) is 54.3 cm³/mol. The summed E-state index contributed by atoms with van der Waals surface area (Å²) in [7, 11) is 0. The van der Waals surface area contributed by atoms with Gasteiger partial charge in [-0.15, -0.1) is 11.3 Å². The van der Waals surface area contributed by atoms with Crippen molar-refractivity contribution in [2.45, 2.75) is 25.7 Å². The van der Waals surface area contributed by atoms with Crippen molar-refractivity contribution in [1.29, 1.82) is 0 Å². The lowest BCUT2D eigenvalue weighted by Crippen LogP contribution is -2.01. The zero-order chi connectivity index (χ0) is 9.97. The number of thiazole rings is 1. The van der Waals surface area contributed by atoms with E-state index in [9.17, 15) is 4.79 Å². The third kappa shape index (κ3) is 1.85. The second-order valence-corrected chi connectivity index (χ2v) is 4.32. The second-order valence-electron chi connectivity index (χ2n) is 3.34. The summed E-state index contributed by atoms with van der Waals surface area (Å²) in [4.78, 5) is 15.0. The van der Waals surface area contributed by atoms with E-state index >= 15 is 0 Å². The summed E-state index contributed by atoms with van der Waals surface area (Å²) < 4.78 is 0. The van der Waals surface area contributed by atoms with Crippen molar-refractivity contribution in [3.63, 3.8) is 0 Å². The fourth-order valence-electron chi connectivity index (χ4n) is 1.78. The predicted octanol–water partition coefficient (Wildman–Crippen LogP) is 2.25. The average Bonchev–Trinajstić information content (AvgIpc) is 2.75. The molecule has 4 heteroatoms. The first-order valence-electron chi connectivity index (χ1n) is 4.60. The van der Waals surface area contributed by atoms with Crippen molar-refractivity contribution < 1.29 is 9.90 Å². The third-order valence-electron chi connectivity index (χ3n) is 2.44. The molecule has 1 aromatic rings. The Kier molecular flexibility index (Phi) is 2.63. The van der Waals surface area contributed by atoms with Crippen molar-refractivity contribution in [3.8, 4) is 0 Å². The Morgan fingerprint density at radius 3 is 3.07 bits per heavy atom. The number of nitrogens with zero attached hydrogens (tertiary/aromatic N) is 1. The minimum atomic E-state index is -0.756. The largest absolute Gasteiger partial charge is 0.478 e. The lowest BCUT2D eigenvalue weighted by molar-refractivity contribution is -0.132. The maximum atomic E-state index is 10.9. The molecule has 1 N–H and O–H groups in total. The highest BCUT2D eigenvalue weighted by Gasteiger charge is 2.20. The van der Waals surface area contributed by atoms with Gasteiger partial charge in [-0.3, -0.25) is 0 Å². The number of rotatable bonds is 3. The molecule has 1 aliphatic carbocycles. The highest BCUT2D eigenvalue weighted by Crippen LogP contribution is 2.29. The average molecular weight is 209 g/mol. The summed E-state index contributed by atoms with van der Waals surface area (Å²) in [5.41, 5.74) is 1.67. The van der Waals surface area contributed by atoms with Gasteiger partial charge < -0.3 is 5.11 Å². The summed E-state index contributed by atoms with van der Waals surface area (Å²) in [6, 6.07) is 0. The molecule has 1 aliphatic rings. The summed E-state index contributed by atoms with van der Waals surface area (Å²) >= 11 is 1.59. The third-order valence-corrected chi connectivity index (χ3v) is 3.22. The minimum absolute atomic E-state index is 0.611. The van der Waals surface area contributed by atoms with E-state index in [2.05, 4.69) is 4.98 Å². The number of carboxylic acids is 1. The van der Waals surface area contributed by atoms with Gasteiger partial charge in [0.05, 0.1) is 5.01 Å². The molecule has 0 fully saturated rings. The van der Waals surface area contributed by atoms with Gasteiger partial charge in [0.25, 0.3) is 0 Å². The molecular weight excluding hydrogens is 198 g/mol. The molecule has 0 amide bonds. The van der Waals surface area contributed by atoms with Crippen LogP contribution in [0.15, 0.2) is 22.7 Å². The summed E-state index contributed by atoms with van der Waals surface area (Å²) in [5, 5.41) is 11.9. The van der Waals surface area contributed by atoms with E-state index in [-0.39, 0.29) is 0 Å². The van der Waals surface area contributed by atoms with Crippen LogP contribution in [-0.2, 0) is 11.2 Å². The van der Waals surface area contributed by atoms with Crippen LogP contribution >= 0.6 is 11.3 Å². The van der Waals surface area contributed by atoms with Crippen LogP contribution in [0.1, 0.15) is 24.3 Å².